The number of hydrogen-bond acceptors (Lipinski definition) is 5. The van der Waals surface area contributed by atoms with Gasteiger partial charge in [0.25, 0.3) is 5.91 Å². The molecule has 0 aliphatic rings. The molecular weight excluding hydrogens is 478 g/mol. The molecule has 0 aliphatic heterocycles. The Morgan fingerprint density at radius 1 is 0.838 bits per heavy atom. The van der Waals surface area contributed by atoms with Gasteiger partial charge in [0.1, 0.15) is 0 Å². The molecule has 2 heterocycles. The van der Waals surface area contributed by atoms with E-state index in [2.05, 4.69) is 87.4 Å². The third-order valence-electron chi connectivity index (χ3n) is 5.99. The highest BCUT2D eigenvalue weighted by molar-refractivity contribution is 7.98. The highest BCUT2D eigenvalue weighted by atomic mass is 32.2. The fourth-order valence-corrected chi connectivity index (χ4v) is 4.81. The van der Waals surface area contributed by atoms with Crippen molar-refractivity contribution in [2.75, 3.05) is 0 Å². The summed E-state index contributed by atoms with van der Waals surface area (Å²) in [6.07, 6.45) is 3.44. The lowest BCUT2D eigenvalue weighted by atomic mass is 10.1. The van der Waals surface area contributed by atoms with Crippen LogP contribution in [0.25, 0.3) is 17.1 Å². The zero-order valence-corrected chi connectivity index (χ0v) is 21.6. The first-order chi connectivity index (χ1) is 18.1. The molecular formula is C30H27N5OS. The van der Waals surface area contributed by atoms with Gasteiger partial charge in [-0.3, -0.25) is 14.3 Å². The van der Waals surface area contributed by atoms with Gasteiger partial charge >= 0.3 is 0 Å². The zero-order chi connectivity index (χ0) is 25.6. The van der Waals surface area contributed by atoms with Gasteiger partial charge in [0.05, 0.1) is 0 Å². The highest BCUT2D eigenvalue weighted by Crippen LogP contribution is 2.30. The molecule has 0 spiro atoms. The number of thioether (sulfide) groups is 1. The van der Waals surface area contributed by atoms with E-state index in [9.17, 15) is 4.79 Å². The van der Waals surface area contributed by atoms with E-state index in [1.54, 1.807) is 24.2 Å². The molecule has 5 aromatic rings. The van der Waals surface area contributed by atoms with Crippen LogP contribution < -0.4 is 5.32 Å². The number of carbonyl (C=O) groups is 1. The predicted molar refractivity (Wildman–Crippen MR) is 148 cm³/mol. The van der Waals surface area contributed by atoms with Gasteiger partial charge in [0, 0.05) is 41.5 Å². The molecule has 0 aliphatic carbocycles. The van der Waals surface area contributed by atoms with Crippen LogP contribution in [0, 0.1) is 13.8 Å². The van der Waals surface area contributed by atoms with E-state index in [-0.39, 0.29) is 5.91 Å². The van der Waals surface area contributed by atoms with E-state index in [0.717, 1.165) is 33.4 Å². The number of pyridine rings is 1. The maximum atomic E-state index is 12.7. The van der Waals surface area contributed by atoms with Gasteiger partial charge in [0.2, 0.25) is 0 Å². The summed E-state index contributed by atoms with van der Waals surface area (Å²) in [7, 11) is 0. The molecule has 0 radical (unpaired) electrons. The molecule has 1 N–H and O–H groups in total. The first-order valence-electron chi connectivity index (χ1n) is 12.1. The minimum absolute atomic E-state index is 0.104. The Morgan fingerprint density at radius 3 is 2.27 bits per heavy atom. The fraction of sp³-hybridized carbons (Fsp3) is 0.133. The number of rotatable bonds is 8. The highest BCUT2D eigenvalue weighted by Gasteiger charge is 2.17. The first-order valence-corrected chi connectivity index (χ1v) is 13.0. The quantitative estimate of drug-likeness (QED) is 0.255. The summed E-state index contributed by atoms with van der Waals surface area (Å²) < 4.78 is 2.10. The lowest BCUT2D eigenvalue weighted by Gasteiger charge is -2.11. The summed E-state index contributed by atoms with van der Waals surface area (Å²) in [5, 5.41) is 12.9. The molecule has 0 atom stereocenters. The van der Waals surface area contributed by atoms with Crippen LogP contribution in [-0.4, -0.2) is 25.7 Å². The van der Waals surface area contributed by atoms with Crippen molar-refractivity contribution in [3.63, 3.8) is 0 Å². The maximum Gasteiger partial charge on any atom is 0.251 e. The van der Waals surface area contributed by atoms with Crippen molar-refractivity contribution in [1.29, 1.82) is 0 Å². The van der Waals surface area contributed by atoms with Gasteiger partial charge < -0.3 is 5.32 Å². The van der Waals surface area contributed by atoms with E-state index in [1.165, 1.54) is 11.1 Å². The summed E-state index contributed by atoms with van der Waals surface area (Å²) in [5.41, 5.74) is 7.10. The molecule has 184 valence electrons. The van der Waals surface area contributed by atoms with E-state index in [4.69, 9.17) is 0 Å². The first kappa shape index (κ1) is 24.5. The topological polar surface area (TPSA) is 72.7 Å². The van der Waals surface area contributed by atoms with Gasteiger partial charge in [-0.1, -0.05) is 71.4 Å². The smallest absolute Gasteiger partial charge is 0.251 e. The zero-order valence-electron chi connectivity index (χ0n) is 20.8. The van der Waals surface area contributed by atoms with Crippen LogP contribution >= 0.6 is 11.8 Å². The number of aromatic nitrogens is 4. The number of nitrogens with zero attached hydrogens (tertiary/aromatic N) is 4. The molecule has 0 fully saturated rings. The monoisotopic (exact) mass is 505 g/mol. The van der Waals surface area contributed by atoms with Crippen molar-refractivity contribution in [2.45, 2.75) is 31.3 Å². The molecule has 0 unspecified atom stereocenters. The Kier molecular flexibility index (Phi) is 7.42. The van der Waals surface area contributed by atoms with Gasteiger partial charge in [-0.05, 0) is 61.4 Å². The van der Waals surface area contributed by atoms with Crippen LogP contribution in [0.4, 0.5) is 0 Å². The van der Waals surface area contributed by atoms with Crippen LogP contribution in [0.5, 0.6) is 0 Å². The molecule has 0 saturated heterocycles. The maximum absolute atomic E-state index is 12.7. The van der Waals surface area contributed by atoms with E-state index in [0.29, 0.717) is 17.9 Å². The molecule has 37 heavy (non-hydrogen) atoms. The van der Waals surface area contributed by atoms with Gasteiger partial charge in [-0.15, -0.1) is 10.2 Å². The fourth-order valence-electron chi connectivity index (χ4n) is 3.91. The number of carbonyl (C=O) groups excluding carboxylic acids is 1. The number of amides is 1. The van der Waals surface area contributed by atoms with Crippen molar-refractivity contribution in [1.82, 2.24) is 25.1 Å². The Bertz CT molecular complexity index is 1500. The van der Waals surface area contributed by atoms with Crippen LogP contribution in [0.15, 0.2) is 102 Å². The molecule has 1 amide bonds. The van der Waals surface area contributed by atoms with Gasteiger partial charge in [0.15, 0.2) is 11.0 Å². The van der Waals surface area contributed by atoms with Crippen molar-refractivity contribution >= 4 is 17.7 Å². The molecule has 0 bridgehead atoms. The molecule has 7 heteroatoms. The van der Waals surface area contributed by atoms with Gasteiger partial charge in [-0.25, -0.2) is 0 Å². The van der Waals surface area contributed by atoms with E-state index < -0.39 is 0 Å². The second-order valence-electron chi connectivity index (χ2n) is 8.87. The molecule has 2 aromatic heterocycles. The second kappa shape index (κ2) is 11.2. The Balaban J connectivity index is 1.36. The largest absolute Gasteiger partial charge is 0.348 e. The minimum Gasteiger partial charge on any atom is -0.348 e. The van der Waals surface area contributed by atoms with Crippen LogP contribution in [0.1, 0.15) is 32.6 Å². The average Bonchev–Trinajstić information content (AvgIpc) is 3.36. The van der Waals surface area contributed by atoms with Crippen molar-refractivity contribution < 1.29 is 4.79 Å². The molecule has 6 nitrogen and oxygen atoms in total. The van der Waals surface area contributed by atoms with Gasteiger partial charge in [-0.2, -0.15) is 0 Å². The van der Waals surface area contributed by atoms with Crippen LogP contribution in [0.2, 0.25) is 0 Å². The summed E-state index contributed by atoms with van der Waals surface area (Å²) in [6.45, 7) is 4.61. The molecule has 0 saturated carbocycles. The predicted octanol–water partition coefficient (Wildman–Crippen LogP) is 6.17. The number of aryl methyl sites for hydroxylation is 2. The number of hydrogen-bond donors (Lipinski definition) is 1. The summed E-state index contributed by atoms with van der Waals surface area (Å²) in [6, 6.07) is 28.2. The second-order valence-corrected chi connectivity index (χ2v) is 9.81. The Labute approximate surface area is 220 Å². The van der Waals surface area contributed by atoms with Crippen LogP contribution in [-0.2, 0) is 12.3 Å². The van der Waals surface area contributed by atoms with Crippen molar-refractivity contribution in [2.24, 2.45) is 0 Å². The van der Waals surface area contributed by atoms with Crippen molar-refractivity contribution in [3.8, 4) is 17.1 Å². The number of nitrogens with one attached hydrogen (secondary N) is 1. The Morgan fingerprint density at radius 2 is 1.54 bits per heavy atom. The number of benzene rings is 3. The normalized spacial score (nSPS) is 10.9. The third kappa shape index (κ3) is 5.95. The third-order valence-corrected chi connectivity index (χ3v) is 6.99. The van der Waals surface area contributed by atoms with E-state index >= 15 is 0 Å². The lowest BCUT2D eigenvalue weighted by molar-refractivity contribution is 0.0951. The standard InChI is InChI=1S/C30H27N5OS/c1-21-6-10-25(11-7-21)28-33-34-30(35(28)27-12-8-22(2)9-13-27)37-20-24-4-3-5-26(18-24)29(36)32-19-23-14-16-31-17-15-23/h3-18H,19-20H2,1-2H3,(H,32,36). The minimum atomic E-state index is -0.104. The SMILES string of the molecule is Cc1ccc(-c2nnc(SCc3cccc(C(=O)NCc4ccncc4)c3)n2-c2ccc(C)cc2)cc1. The Hall–Kier alpha value is -4.23. The average molecular weight is 506 g/mol. The summed E-state index contributed by atoms with van der Waals surface area (Å²) in [5.74, 6) is 1.35. The molecule has 5 rings (SSSR count). The van der Waals surface area contributed by atoms with Crippen molar-refractivity contribution in [3.05, 3.63) is 125 Å². The summed E-state index contributed by atoms with van der Waals surface area (Å²) in [4.78, 5) is 16.7. The summed E-state index contributed by atoms with van der Waals surface area (Å²) >= 11 is 1.60. The lowest BCUT2D eigenvalue weighted by Crippen LogP contribution is -2.22. The molecule has 3 aromatic carbocycles. The van der Waals surface area contributed by atoms with E-state index in [1.807, 2.05) is 36.4 Å². The van der Waals surface area contributed by atoms with Crippen LogP contribution in [0.3, 0.4) is 0 Å².